The predicted molar refractivity (Wildman–Crippen MR) is 145 cm³/mol. The van der Waals surface area contributed by atoms with Crippen LogP contribution in [0.5, 0.6) is 0 Å². The van der Waals surface area contributed by atoms with Crippen LogP contribution in [0.4, 0.5) is 0 Å². The molecule has 1 aliphatic heterocycles. The van der Waals surface area contributed by atoms with Crippen molar-refractivity contribution in [1.82, 2.24) is 19.8 Å². The van der Waals surface area contributed by atoms with Crippen molar-refractivity contribution in [2.24, 2.45) is 0 Å². The number of amides is 2. The molecule has 38 heavy (non-hydrogen) atoms. The minimum atomic E-state index is -1.20. The van der Waals surface area contributed by atoms with Crippen LogP contribution in [0.15, 0.2) is 64.2 Å². The number of rotatable bonds is 10. The van der Waals surface area contributed by atoms with Crippen molar-refractivity contribution < 1.29 is 19.5 Å². The molecule has 10 nitrogen and oxygen atoms in total. The molecule has 2 amide bonds. The number of aromatic nitrogens is 2. The molecule has 11 heteroatoms. The third-order valence-corrected chi connectivity index (χ3v) is 7.41. The Bertz CT molecular complexity index is 1440. The molecule has 3 atom stereocenters. The van der Waals surface area contributed by atoms with Gasteiger partial charge in [-0.05, 0) is 49.0 Å². The Morgan fingerprint density at radius 3 is 2.53 bits per heavy atom. The fourth-order valence-electron chi connectivity index (χ4n) is 4.84. The fourth-order valence-corrected chi connectivity index (χ4v) is 5.31. The molecule has 0 bridgehead atoms. The summed E-state index contributed by atoms with van der Waals surface area (Å²) in [6, 6.07) is 12.5. The number of benzene rings is 2. The summed E-state index contributed by atoms with van der Waals surface area (Å²) in [4.78, 5) is 69.5. The van der Waals surface area contributed by atoms with Crippen LogP contribution in [0, 0.1) is 0 Å². The van der Waals surface area contributed by atoms with E-state index in [1.54, 1.807) is 48.5 Å². The number of hydrogen-bond donors (Lipinski definition) is 3. The van der Waals surface area contributed by atoms with E-state index in [1.165, 1.54) is 16.7 Å². The maximum absolute atomic E-state index is 14.0. The van der Waals surface area contributed by atoms with Crippen LogP contribution in [0.2, 0.25) is 0 Å². The van der Waals surface area contributed by atoms with Gasteiger partial charge in [0.1, 0.15) is 18.1 Å². The van der Waals surface area contributed by atoms with E-state index in [1.807, 2.05) is 12.3 Å². The highest BCUT2D eigenvalue weighted by Crippen LogP contribution is 2.24. The number of carboxylic acid groups (broad SMARTS) is 1. The van der Waals surface area contributed by atoms with Gasteiger partial charge >= 0.3 is 11.7 Å². The molecule has 200 valence electrons. The number of thioether (sulfide) groups is 1. The standard InChI is InChI=1S/C27H30N4O6S/c1-38-15-13-20(26(35)36)28-23(32)21-12-7-14-30(21)25(34)22(16-17-8-3-2-4-9-17)31-24(33)18-10-5-6-11-19(18)29-27(31)37/h2-6,8-11,20-22H,7,12-16H2,1H3,(H,28,32)(H,29,37)(H,35,36)/t20-,21-,22-/m0/s1. The zero-order chi connectivity index (χ0) is 27.2. The number of carboxylic acids is 1. The first-order valence-corrected chi connectivity index (χ1v) is 13.8. The third-order valence-electron chi connectivity index (χ3n) is 6.77. The predicted octanol–water partition coefficient (Wildman–Crippen LogP) is 1.79. The van der Waals surface area contributed by atoms with Gasteiger partial charge in [-0.25, -0.2) is 14.2 Å². The highest BCUT2D eigenvalue weighted by atomic mass is 32.2. The molecule has 1 fully saturated rings. The monoisotopic (exact) mass is 538 g/mol. The molecular weight excluding hydrogens is 508 g/mol. The average molecular weight is 539 g/mol. The van der Waals surface area contributed by atoms with Gasteiger partial charge in [0.2, 0.25) is 11.8 Å². The molecule has 0 aliphatic carbocycles. The van der Waals surface area contributed by atoms with Crippen molar-refractivity contribution in [3.05, 3.63) is 81.0 Å². The number of carbonyl (C=O) groups is 3. The number of aliphatic carboxylic acids is 1. The van der Waals surface area contributed by atoms with Crippen molar-refractivity contribution >= 4 is 40.4 Å². The van der Waals surface area contributed by atoms with Crippen molar-refractivity contribution in [1.29, 1.82) is 0 Å². The largest absolute Gasteiger partial charge is 0.480 e. The topological polar surface area (TPSA) is 142 Å². The molecule has 2 aromatic carbocycles. The third kappa shape index (κ3) is 5.83. The van der Waals surface area contributed by atoms with Gasteiger partial charge in [0.15, 0.2) is 0 Å². The second-order valence-corrected chi connectivity index (χ2v) is 10.2. The van der Waals surface area contributed by atoms with Crippen molar-refractivity contribution in [3.63, 3.8) is 0 Å². The molecule has 1 saturated heterocycles. The molecule has 1 aliphatic rings. The SMILES string of the molecule is CSCC[C@H](NC(=O)[C@@H]1CCCN1C(=O)[C@H](Cc1ccccc1)n1c(=O)[nH]c2ccccc2c1=O)C(=O)O. The Balaban J connectivity index is 1.70. The van der Waals surface area contributed by atoms with Gasteiger partial charge in [0.25, 0.3) is 5.56 Å². The average Bonchev–Trinajstić information content (AvgIpc) is 3.40. The lowest BCUT2D eigenvalue weighted by molar-refractivity contribution is -0.144. The molecule has 2 heterocycles. The summed E-state index contributed by atoms with van der Waals surface area (Å²) >= 11 is 1.47. The van der Waals surface area contributed by atoms with Gasteiger partial charge in [-0.2, -0.15) is 11.8 Å². The number of nitrogens with one attached hydrogen (secondary N) is 2. The van der Waals surface area contributed by atoms with E-state index in [0.29, 0.717) is 24.1 Å². The highest BCUT2D eigenvalue weighted by molar-refractivity contribution is 7.98. The summed E-state index contributed by atoms with van der Waals surface area (Å²) in [5.41, 5.74) is -0.199. The number of aromatic amines is 1. The first-order valence-electron chi connectivity index (χ1n) is 12.4. The van der Waals surface area contributed by atoms with E-state index in [-0.39, 0.29) is 24.8 Å². The normalized spacial score (nSPS) is 16.8. The fraction of sp³-hybridized carbons (Fsp3) is 0.370. The van der Waals surface area contributed by atoms with Crippen LogP contribution in [0.25, 0.3) is 10.9 Å². The maximum Gasteiger partial charge on any atom is 0.329 e. The number of para-hydroxylation sites is 1. The Hall–Kier alpha value is -3.86. The molecule has 4 rings (SSSR count). The lowest BCUT2D eigenvalue weighted by Crippen LogP contribution is -2.53. The quantitative estimate of drug-likeness (QED) is 0.357. The highest BCUT2D eigenvalue weighted by Gasteiger charge is 2.39. The summed E-state index contributed by atoms with van der Waals surface area (Å²) in [5.74, 6) is -1.68. The van der Waals surface area contributed by atoms with Crippen LogP contribution >= 0.6 is 11.8 Å². The van der Waals surface area contributed by atoms with Gasteiger partial charge in [-0.1, -0.05) is 42.5 Å². The summed E-state index contributed by atoms with van der Waals surface area (Å²) in [6.07, 6.45) is 3.06. The molecule has 0 spiro atoms. The summed E-state index contributed by atoms with van der Waals surface area (Å²) < 4.78 is 0.934. The van der Waals surface area contributed by atoms with E-state index in [0.717, 1.165) is 10.1 Å². The minimum Gasteiger partial charge on any atom is -0.480 e. The summed E-state index contributed by atoms with van der Waals surface area (Å²) in [5, 5.41) is 12.4. The van der Waals surface area contributed by atoms with Crippen LogP contribution in [0.1, 0.15) is 30.9 Å². The number of hydrogen-bond acceptors (Lipinski definition) is 6. The molecular formula is C27H30N4O6S. The van der Waals surface area contributed by atoms with Crippen LogP contribution < -0.4 is 16.6 Å². The Labute approximate surface area is 223 Å². The Morgan fingerprint density at radius 1 is 1.11 bits per heavy atom. The summed E-state index contributed by atoms with van der Waals surface area (Å²) in [6.45, 7) is 0.255. The molecule has 1 aromatic heterocycles. The maximum atomic E-state index is 14.0. The van der Waals surface area contributed by atoms with E-state index < -0.39 is 47.2 Å². The lowest BCUT2D eigenvalue weighted by Gasteiger charge is -2.29. The second kappa shape index (κ2) is 12.1. The van der Waals surface area contributed by atoms with Gasteiger partial charge in [-0.15, -0.1) is 0 Å². The van der Waals surface area contributed by atoms with Gasteiger partial charge in [0, 0.05) is 13.0 Å². The lowest BCUT2D eigenvalue weighted by atomic mass is 10.0. The smallest absolute Gasteiger partial charge is 0.329 e. The van der Waals surface area contributed by atoms with E-state index in [2.05, 4.69) is 10.3 Å². The Morgan fingerprint density at radius 2 is 1.82 bits per heavy atom. The first kappa shape index (κ1) is 27.2. The summed E-state index contributed by atoms with van der Waals surface area (Å²) in [7, 11) is 0. The number of carbonyl (C=O) groups excluding carboxylic acids is 2. The molecule has 3 N–H and O–H groups in total. The zero-order valence-electron chi connectivity index (χ0n) is 21.0. The number of nitrogens with zero attached hydrogens (tertiary/aromatic N) is 2. The Kier molecular flexibility index (Phi) is 8.67. The van der Waals surface area contributed by atoms with Crippen molar-refractivity contribution in [3.8, 4) is 0 Å². The van der Waals surface area contributed by atoms with Crippen LogP contribution in [-0.4, -0.2) is 68.0 Å². The minimum absolute atomic E-state index is 0.0668. The van der Waals surface area contributed by atoms with Gasteiger partial charge < -0.3 is 20.3 Å². The van der Waals surface area contributed by atoms with Gasteiger partial charge in [0.05, 0.1) is 10.9 Å². The number of fused-ring (bicyclic) bond motifs is 1. The second-order valence-electron chi connectivity index (χ2n) is 9.23. The van der Waals surface area contributed by atoms with Crippen molar-refractivity contribution in [2.75, 3.05) is 18.6 Å². The van der Waals surface area contributed by atoms with Crippen LogP contribution in [-0.2, 0) is 20.8 Å². The molecule has 0 unspecified atom stereocenters. The number of H-pyrrole nitrogens is 1. The molecule has 3 aromatic rings. The zero-order valence-corrected chi connectivity index (χ0v) is 21.8. The van der Waals surface area contributed by atoms with E-state index in [4.69, 9.17) is 0 Å². The van der Waals surface area contributed by atoms with E-state index in [9.17, 15) is 29.1 Å². The number of likely N-dealkylation sites (tertiary alicyclic amines) is 1. The molecule has 0 radical (unpaired) electrons. The first-order chi connectivity index (χ1) is 18.3. The van der Waals surface area contributed by atoms with Gasteiger partial charge in [-0.3, -0.25) is 14.4 Å². The van der Waals surface area contributed by atoms with E-state index >= 15 is 0 Å². The van der Waals surface area contributed by atoms with Crippen LogP contribution in [0.3, 0.4) is 0 Å². The van der Waals surface area contributed by atoms with Crippen molar-refractivity contribution in [2.45, 2.75) is 43.8 Å². The molecule has 0 saturated carbocycles.